The molecule has 2 aromatic carbocycles. The molecule has 2 aromatic rings. The minimum Gasteiger partial charge on any atom is -0.484 e. The van der Waals surface area contributed by atoms with Gasteiger partial charge in [-0.15, -0.1) is 0 Å². The number of aryl methyl sites for hydroxylation is 4. The highest BCUT2D eigenvalue weighted by molar-refractivity contribution is 5.85. The van der Waals surface area contributed by atoms with E-state index in [1.54, 1.807) is 6.21 Å². The molecule has 1 amide bonds. The second-order valence-electron chi connectivity index (χ2n) is 6.29. The van der Waals surface area contributed by atoms with Gasteiger partial charge in [-0.05, 0) is 56.0 Å². The lowest BCUT2D eigenvalue weighted by molar-refractivity contribution is -0.123. The molecule has 0 aliphatic rings. The largest absolute Gasteiger partial charge is 0.484 e. The molecular formula is C21H26N2O2. The molecule has 2 rings (SSSR count). The summed E-state index contributed by atoms with van der Waals surface area (Å²) < 4.78 is 5.48. The molecule has 0 heterocycles. The predicted molar refractivity (Wildman–Crippen MR) is 102 cm³/mol. The second kappa shape index (κ2) is 9.02. The molecule has 4 nitrogen and oxygen atoms in total. The summed E-state index contributed by atoms with van der Waals surface area (Å²) in [6, 6.07) is 12.0. The standard InChI is InChI=1S/C21H26N2O2/c1-5-6-18-7-9-19(10-8-18)25-14-21(24)23-22-13-20-16(3)11-15(2)12-17(20)4/h7-13H,5-6,14H2,1-4H3,(H,23,24)/b22-13+. The van der Waals surface area contributed by atoms with Gasteiger partial charge < -0.3 is 4.74 Å². The minimum atomic E-state index is -0.281. The number of nitrogens with zero attached hydrogens (tertiary/aromatic N) is 1. The summed E-state index contributed by atoms with van der Waals surface area (Å²) in [5.74, 6) is 0.403. The van der Waals surface area contributed by atoms with Gasteiger partial charge in [0.25, 0.3) is 5.91 Å². The normalized spacial score (nSPS) is 10.9. The Morgan fingerprint density at radius 1 is 1.12 bits per heavy atom. The first-order valence-electron chi connectivity index (χ1n) is 8.61. The first-order chi connectivity index (χ1) is 12.0. The van der Waals surface area contributed by atoms with E-state index in [0.717, 1.165) is 29.5 Å². The Balaban J connectivity index is 1.84. The molecule has 0 fully saturated rings. The van der Waals surface area contributed by atoms with Gasteiger partial charge in [0.1, 0.15) is 5.75 Å². The third-order valence-electron chi connectivity index (χ3n) is 3.95. The van der Waals surface area contributed by atoms with E-state index in [1.165, 1.54) is 11.1 Å². The second-order valence-corrected chi connectivity index (χ2v) is 6.29. The first-order valence-corrected chi connectivity index (χ1v) is 8.61. The molecule has 0 aliphatic heterocycles. The van der Waals surface area contributed by atoms with Crippen LogP contribution in [0.1, 0.15) is 41.2 Å². The zero-order chi connectivity index (χ0) is 18.2. The molecule has 0 bridgehead atoms. The van der Waals surface area contributed by atoms with Gasteiger partial charge in [0.2, 0.25) is 0 Å². The first kappa shape index (κ1) is 18.7. The van der Waals surface area contributed by atoms with E-state index in [1.807, 2.05) is 38.1 Å². The van der Waals surface area contributed by atoms with Crippen LogP contribution in [0.4, 0.5) is 0 Å². The fourth-order valence-electron chi connectivity index (χ4n) is 2.79. The van der Waals surface area contributed by atoms with Crippen molar-refractivity contribution in [1.82, 2.24) is 5.43 Å². The maximum absolute atomic E-state index is 11.9. The van der Waals surface area contributed by atoms with Crippen LogP contribution >= 0.6 is 0 Å². The molecule has 0 saturated carbocycles. The Labute approximate surface area is 149 Å². The Morgan fingerprint density at radius 2 is 1.76 bits per heavy atom. The van der Waals surface area contributed by atoms with Gasteiger partial charge >= 0.3 is 0 Å². The zero-order valence-electron chi connectivity index (χ0n) is 15.4. The lowest BCUT2D eigenvalue weighted by Crippen LogP contribution is -2.24. The number of nitrogens with one attached hydrogen (secondary N) is 1. The van der Waals surface area contributed by atoms with Gasteiger partial charge in [0.05, 0.1) is 6.21 Å². The number of amides is 1. The van der Waals surface area contributed by atoms with Crippen molar-refractivity contribution in [3.05, 3.63) is 64.2 Å². The molecule has 25 heavy (non-hydrogen) atoms. The molecule has 0 unspecified atom stereocenters. The molecule has 0 atom stereocenters. The molecule has 132 valence electrons. The van der Waals surface area contributed by atoms with Crippen LogP contribution in [0, 0.1) is 20.8 Å². The van der Waals surface area contributed by atoms with Crippen molar-refractivity contribution < 1.29 is 9.53 Å². The predicted octanol–water partition coefficient (Wildman–Crippen LogP) is 4.09. The quantitative estimate of drug-likeness (QED) is 0.610. The summed E-state index contributed by atoms with van der Waals surface area (Å²) in [5.41, 5.74) is 8.30. The smallest absolute Gasteiger partial charge is 0.277 e. The summed E-state index contributed by atoms with van der Waals surface area (Å²) in [6.07, 6.45) is 3.84. The molecule has 4 heteroatoms. The summed E-state index contributed by atoms with van der Waals surface area (Å²) >= 11 is 0. The Morgan fingerprint density at radius 3 is 2.36 bits per heavy atom. The summed E-state index contributed by atoms with van der Waals surface area (Å²) in [6.45, 7) is 8.23. The van der Waals surface area contributed by atoms with Crippen LogP contribution < -0.4 is 10.2 Å². The highest BCUT2D eigenvalue weighted by Crippen LogP contribution is 2.14. The monoisotopic (exact) mass is 338 g/mol. The van der Waals surface area contributed by atoms with Gasteiger partial charge in [0, 0.05) is 5.56 Å². The van der Waals surface area contributed by atoms with E-state index in [0.29, 0.717) is 5.75 Å². The van der Waals surface area contributed by atoms with E-state index in [9.17, 15) is 4.79 Å². The molecular weight excluding hydrogens is 312 g/mol. The summed E-state index contributed by atoms with van der Waals surface area (Å²) in [5, 5.41) is 4.04. The number of hydrogen-bond donors (Lipinski definition) is 1. The highest BCUT2D eigenvalue weighted by atomic mass is 16.5. The molecule has 0 aromatic heterocycles. The van der Waals surface area contributed by atoms with E-state index >= 15 is 0 Å². The Bertz CT molecular complexity index is 726. The number of rotatable bonds is 7. The summed E-state index contributed by atoms with van der Waals surface area (Å²) in [7, 11) is 0. The third kappa shape index (κ3) is 5.75. The highest BCUT2D eigenvalue weighted by Gasteiger charge is 2.03. The Hall–Kier alpha value is -2.62. The van der Waals surface area contributed by atoms with Crippen molar-refractivity contribution in [3.8, 4) is 5.75 Å². The molecule has 0 spiro atoms. The molecule has 1 N–H and O–H groups in total. The number of ether oxygens (including phenoxy) is 1. The van der Waals surface area contributed by atoms with E-state index in [4.69, 9.17) is 4.74 Å². The average molecular weight is 338 g/mol. The topological polar surface area (TPSA) is 50.7 Å². The van der Waals surface area contributed by atoms with Gasteiger partial charge in [-0.1, -0.05) is 43.2 Å². The van der Waals surface area contributed by atoms with Crippen molar-refractivity contribution in [2.75, 3.05) is 6.61 Å². The van der Waals surface area contributed by atoms with Gasteiger partial charge in [-0.2, -0.15) is 5.10 Å². The van der Waals surface area contributed by atoms with Gasteiger partial charge in [-0.3, -0.25) is 4.79 Å². The van der Waals surface area contributed by atoms with E-state index in [2.05, 4.69) is 36.5 Å². The van der Waals surface area contributed by atoms with Crippen molar-refractivity contribution >= 4 is 12.1 Å². The van der Waals surface area contributed by atoms with Crippen molar-refractivity contribution in [1.29, 1.82) is 0 Å². The minimum absolute atomic E-state index is 0.0592. The fourth-order valence-corrected chi connectivity index (χ4v) is 2.79. The fraction of sp³-hybridized carbons (Fsp3) is 0.333. The number of hydrazone groups is 1. The SMILES string of the molecule is CCCc1ccc(OCC(=O)N/N=C/c2c(C)cc(C)cc2C)cc1. The van der Waals surface area contributed by atoms with E-state index < -0.39 is 0 Å². The molecule has 0 radical (unpaired) electrons. The van der Waals surface area contributed by atoms with E-state index in [-0.39, 0.29) is 12.5 Å². The van der Waals surface area contributed by atoms with Crippen LogP contribution in [0.2, 0.25) is 0 Å². The lowest BCUT2D eigenvalue weighted by atomic mass is 10.0. The van der Waals surface area contributed by atoms with Crippen molar-refractivity contribution in [3.63, 3.8) is 0 Å². The third-order valence-corrected chi connectivity index (χ3v) is 3.95. The van der Waals surface area contributed by atoms with Crippen LogP contribution in [0.3, 0.4) is 0 Å². The average Bonchev–Trinajstić information content (AvgIpc) is 2.57. The molecule has 0 saturated heterocycles. The lowest BCUT2D eigenvalue weighted by Gasteiger charge is -2.07. The van der Waals surface area contributed by atoms with Crippen LogP contribution in [0.15, 0.2) is 41.5 Å². The van der Waals surface area contributed by atoms with Crippen molar-refractivity contribution in [2.24, 2.45) is 5.10 Å². The number of hydrogen-bond acceptors (Lipinski definition) is 3. The van der Waals surface area contributed by atoms with Crippen molar-refractivity contribution in [2.45, 2.75) is 40.5 Å². The zero-order valence-corrected chi connectivity index (χ0v) is 15.4. The number of benzene rings is 2. The van der Waals surface area contributed by atoms with Crippen LogP contribution in [0.5, 0.6) is 5.75 Å². The Kier molecular flexibility index (Phi) is 6.75. The van der Waals surface area contributed by atoms with Crippen LogP contribution in [-0.2, 0) is 11.2 Å². The van der Waals surface area contributed by atoms with Gasteiger partial charge in [0.15, 0.2) is 6.61 Å². The maximum atomic E-state index is 11.9. The number of carbonyl (C=O) groups is 1. The molecule has 0 aliphatic carbocycles. The number of carbonyl (C=O) groups excluding carboxylic acids is 1. The van der Waals surface area contributed by atoms with Crippen LogP contribution in [-0.4, -0.2) is 18.7 Å². The maximum Gasteiger partial charge on any atom is 0.277 e. The summed E-state index contributed by atoms with van der Waals surface area (Å²) in [4.78, 5) is 11.9. The van der Waals surface area contributed by atoms with Gasteiger partial charge in [-0.25, -0.2) is 5.43 Å². The van der Waals surface area contributed by atoms with Crippen LogP contribution in [0.25, 0.3) is 0 Å².